The first-order chi connectivity index (χ1) is 13.1. The molecule has 2 amide bonds. The fourth-order valence-electron chi connectivity index (χ4n) is 3.58. The second kappa shape index (κ2) is 7.13. The highest BCUT2D eigenvalue weighted by Crippen LogP contribution is 2.27. The Morgan fingerprint density at radius 3 is 2.78 bits per heavy atom. The third-order valence-electron chi connectivity index (χ3n) is 4.95. The maximum atomic E-state index is 12.9. The van der Waals surface area contributed by atoms with Gasteiger partial charge in [0.2, 0.25) is 0 Å². The van der Waals surface area contributed by atoms with Crippen molar-refractivity contribution in [1.82, 2.24) is 14.5 Å². The lowest BCUT2D eigenvalue weighted by atomic mass is 10.0. The number of imidazole rings is 1. The number of hydrogen-bond donors (Lipinski definition) is 0. The quantitative estimate of drug-likeness (QED) is 0.778. The average Bonchev–Trinajstić information content (AvgIpc) is 3.05. The van der Waals surface area contributed by atoms with Gasteiger partial charge in [-0.15, -0.1) is 0 Å². The number of ether oxygens (including phenoxy) is 2. The van der Waals surface area contributed by atoms with Crippen molar-refractivity contribution in [2.75, 3.05) is 44.4 Å². The van der Waals surface area contributed by atoms with Crippen LogP contribution >= 0.6 is 0 Å². The molecule has 1 aromatic carbocycles. The van der Waals surface area contributed by atoms with Crippen LogP contribution in [0.25, 0.3) is 0 Å². The Balaban J connectivity index is 1.58. The molecule has 0 bridgehead atoms. The van der Waals surface area contributed by atoms with E-state index in [-0.39, 0.29) is 25.0 Å². The van der Waals surface area contributed by atoms with E-state index >= 15 is 0 Å². The molecule has 0 N–H and O–H groups in total. The van der Waals surface area contributed by atoms with Crippen molar-refractivity contribution in [2.45, 2.75) is 5.60 Å². The molecule has 0 aliphatic carbocycles. The summed E-state index contributed by atoms with van der Waals surface area (Å²) < 4.78 is 13.4. The van der Waals surface area contributed by atoms with E-state index in [0.717, 1.165) is 5.69 Å². The van der Waals surface area contributed by atoms with Crippen molar-refractivity contribution in [1.29, 1.82) is 0 Å². The predicted molar refractivity (Wildman–Crippen MR) is 97.4 cm³/mol. The molecule has 2 aromatic rings. The van der Waals surface area contributed by atoms with Gasteiger partial charge >= 0.3 is 0 Å². The van der Waals surface area contributed by atoms with Gasteiger partial charge in [-0.1, -0.05) is 18.2 Å². The molecule has 1 unspecified atom stereocenters. The van der Waals surface area contributed by atoms with Crippen LogP contribution < -0.4 is 4.90 Å². The van der Waals surface area contributed by atoms with Gasteiger partial charge in [0.25, 0.3) is 11.8 Å². The maximum absolute atomic E-state index is 12.9. The minimum Gasteiger partial charge on any atom is -0.368 e. The van der Waals surface area contributed by atoms with Crippen LogP contribution in [0, 0.1) is 0 Å². The van der Waals surface area contributed by atoms with Crippen LogP contribution in [0.2, 0.25) is 0 Å². The number of nitrogens with zero attached hydrogens (tertiary/aromatic N) is 4. The van der Waals surface area contributed by atoms with Gasteiger partial charge in [0, 0.05) is 31.7 Å². The van der Waals surface area contributed by atoms with Crippen molar-refractivity contribution in [3.05, 3.63) is 48.5 Å². The van der Waals surface area contributed by atoms with E-state index in [1.807, 2.05) is 30.3 Å². The van der Waals surface area contributed by atoms with E-state index < -0.39 is 5.60 Å². The van der Waals surface area contributed by atoms with Crippen LogP contribution in [0.15, 0.2) is 42.7 Å². The normalized spacial score (nSPS) is 23.5. The minimum atomic E-state index is -0.763. The van der Waals surface area contributed by atoms with E-state index in [1.54, 1.807) is 33.8 Å². The first kappa shape index (κ1) is 17.7. The molecule has 8 heteroatoms. The number of para-hydroxylation sites is 1. The third-order valence-corrected chi connectivity index (χ3v) is 4.95. The topological polar surface area (TPSA) is 76.9 Å². The van der Waals surface area contributed by atoms with E-state index in [9.17, 15) is 9.59 Å². The van der Waals surface area contributed by atoms with Gasteiger partial charge in [-0.25, -0.2) is 4.98 Å². The number of benzene rings is 1. The molecule has 2 fully saturated rings. The number of carbonyl (C=O) groups excluding carboxylic acids is 2. The molecular weight excluding hydrogens is 348 g/mol. The third kappa shape index (κ3) is 3.45. The molecule has 27 heavy (non-hydrogen) atoms. The van der Waals surface area contributed by atoms with Crippen LogP contribution in [-0.4, -0.2) is 71.3 Å². The summed E-state index contributed by atoms with van der Waals surface area (Å²) in [5, 5.41) is 0. The lowest BCUT2D eigenvalue weighted by Gasteiger charge is -2.43. The SMILES string of the molecule is Cn1ccnc1C(=O)N1CCOC2(COCC(=O)N(c3ccccc3)C2)C1. The Hall–Kier alpha value is -2.71. The number of carbonyl (C=O) groups is 2. The number of aryl methyl sites for hydroxylation is 1. The summed E-state index contributed by atoms with van der Waals surface area (Å²) in [6.45, 7) is 1.79. The lowest BCUT2D eigenvalue weighted by molar-refractivity contribution is -0.128. The number of hydrogen-bond acceptors (Lipinski definition) is 5. The predicted octanol–water partition coefficient (Wildman–Crippen LogP) is 0.695. The maximum Gasteiger partial charge on any atom is 0.290 e. The first-order valence-electron chi connectivity index (χ1n) is 8.92. The van der Waals surface area contributed by atoms with E-state index in [1.165, 1.54) is 0 Å². The zero-order chi connectivity index (χ0) is 18.9. The average molecular weight is 370 g/mol. The smallest absolute Gasteiger partial charge is 0.290 e. The van der Waals surface area contributed by atoms with Crippen LogP contribution in [0.5, 0.6) is 0 Å². The Kier molecular flexibility index (Phi) is 4.67. The Bertz CT molecular complexity index is 837. The number of amides is 2. The fraction of sp³-hybridized carbons (Fsp3) is 0.421. The van der Waals surface area contributed by atoms with Gasteiger partial charge in [0.05, 0.1) is 26.3 Å². The van der Waals surface area contributed by atoms with Crippen LogP contribution in [0.3, 0.4) is 0 Å². The summed E-state index contributed by atoms with van der Waals surface area (Å²) in [7, 11) is 1.79. The minimum absolute atomic E-state index is 0.00663. The molecule has 2 aliphatic heterocycles. The van der Waals surface area contributed by atoms with Gasteiger partial charge < -0.3 is 23.8 Å². The van der Waals surface area contributed by atoms with Crippen LogP contribution in [-0.2, 0) is 21.3 Å². The number of anilines is 1. The molecule has 3 heterocycles. The van der Waals surface area contributed by atoms with Crippen molar-refractivity contribution in [3.63, 3.8) is 0 Å². The molecule has 142 valence electrons. The molecule has 0 saturated carbocycles. The van der Waals surface area contributed by atoms with Gasteiger partial charge in [0.15, 0.2) is 5.82 Å². The summed E-state index contributed by atoms with van der Waals surface area (Å²) in [6, 6.07) is 9.45. The lowest BCUT2D eigenvalue weighted by Crippen LogP contribution is -2.60. The Morgan fingerprint density at radius 1 is 1.22 bits per heavy atom. The summed E-state index contributed by atoms with van der Waals surface area (Å²) in [5.74, 6) is 0.124. The van der Waals surface area contributed by atoms with E-state index in [0.29, 0.717) is 32.1 Å². The first-order valence-corrected chi connectivity index (χ1v) is 8.92. The van der Waals surface area contributed by atoms with Gasteiger partial charge in [-0.2, -0.15) is 0 Å². The number of morpholine rings is 1. The second-order valence-electron chi connectivity index (χ2n) is 6.93. The monoisotopic (exact) mass is 370 g/mol. The zero-order valence-electron chi connectivity index (χ0n) is 15.2. The fourth-order valence-corrected chi connectivity index (χ4v) is 3.58. The largest absolute Gasteiger partial charge is 0.368 e. The summed E-state index contributed by atoms with van der Waals surface area (Å²) in [6.07, 6.45) is 3.35. The van der Waals surface area contributed by atoms with E-state index in [2.05, 4.69) is 4.98 Å². The second-order valence-corrected chi connectivity index (χ2v) is 6.93. The van der Waals surface area contributed by atoms with Gasteiger partial charge in [-0.05, 0) is 12.1 Å². The highest BCUT2D eigenvalue weighted by molar-refractivity contribution is 5.95. The van der Waals surface area contributed by atoms with Crippen molar-refractivity contribution in [3.8, 4) is 0 Å². The Morgan fingerprint density at radius 2 is 2.04 bits per heavy atom. The molecule has 0 radical (unpaired) electrons. The molecular formula is C19H22N4O4. The zero-order valence-corrected chi connectivity index (χ0v) is 15.2. The number of rotatable bonds is 2. The van der Waals surface area contributed by atoms with Crippen LogP contribution in [0.4, 0.5) is 5.69 Å². The molecule has 1 aromatic heterocycles. The van der Waals surface area contributed by atoms with Crippen molar-refractivity contribution < 1.29 is 19.1 Å². The molecule has 4 rings (SSSR count). The van der Waals surface area contributed by atoms with Crippen LogP contribution in [0.1, 0.15) is 10.6 Å². The number of aromatic nitrogens is 2. The highest BCUT2D eigenvalue weighted by atomic mass is 16.5. The summed E-state index contributed by atoms with van der Waals surface area (Å²) >= 11 is 0. The summed E-state index contributed by atoms with van der Waals surface area (Å²) in [4.78, 5) is 33.0. The standard InChI is InChI=1S/C19H22N4O4/c1-21-8-7-20-17(21)18(25)22-9-10-27-19(12-22)13-23(16(24)11-26-14-19)15-5-3-2-4-6-15/h2-8H,9-14H2,1H3. The molecule has 2 saturated heterocycles. The molecule has 8 nitrogen and oxygen atoms in total. The van der Waals surface area contributed by atoms with Gasteiger partial charge in [-0.3, -0.25) is 9.59 Å². The Labute approximate surface area is 157 Å². The highest BCUT2D eigenvalue weighted by Gasteiger charge is 2.44. The molecule has 2 aliphatic rings. The van der Waals surface area contributed by atoms with Crippen molar-refractivity contribution in [2.24, 2.45) is 7.05 Å². The molecule has 1 spiro atoms. The van der Waals surface area contributed by atoms with E-state index in [4.69, 9.17) is 9.47 Å². The molecule has 1 atom stereocenters. The van der Waals surface area contributed by atoms with Gasteiger partial charge in [0.1, 0.15) is 12.2 Å². The van der Waals surface area contributed by atoms with Crippen molar-refractivity contribution >= 4 is 17.5 Å². The summed E-state index contributed by atoms with van der Waals surface area (Å²) in [5.41, 5.74) is 0.0321.